The van der Waals surface area contributed by atoms with Crippen LogP contribution in [0.4, 0.5) is 0 Å². The molecule has 4 nitrogen and oxygen atoms in total. The van der Waals surface area contributed by atoms with Gasteiger partial charge in [-0.25, -0.2) is 0 Å². The average Bonchev–Trinajstić information content (AvgIpc) is 2.39. The molecule has 110 valence electrons. The minimum atomic E-state index is -0.894. The zero-order valence-electron chi connectivity index (χ0n) is 12.0. The van der Waals surface area contributed by atoms with Crippen molar-refractivity contribution in [3.05, 3.63) is 34.3 Å². The highest BCUT2D eigenvalue weighted by Gasteiger charge is 2.17. The molecule has 0 spiro atoms. The van der Waals surface area contributed by atoms with Gasteiger partial charge in [-0.15, -0.1) is 0 Å². The molecule has 0 aromatic heterocycles. The molecule has 1 unspecified atom stereocenters. The number of nitrogens with zero attached hydrogens (tertiary/aromatic N) is 1. The number of carbonyl (C=O) groups is 2. The number of hydrogen-bond acceptors (Lipinski definition) is 2. The molecule has 0 aliphatic carbocycles. The third-order valence-corrected chi connectivity index (χ3v) is 3.67. The van der Waals surface area contributed by atoms with Crippen molar-refractivity contribution in [3.63, 3.8) is 0 Å². The summed E-state index contributed by atoms with van der Waals surface area (Å²) in [6.45, 7) is 3.74. The van der Waals surface area contributed by atoms with E-state index in [1.54, 1.807) is 14.0 Å². The van der Waals surface area contributed by atoms with Gasteiger partial charge in [0.1, 0.15) is 0 Å². The molecule has 1 aromatic rings. The van der Waals surface area contributed by atoms with Gasteiger partial charge in [-0.1, -0.05) is 30.7 Å². The number of amides is 1. The van der Waals surface area contributed by atoms with Crippen molar-refractivity contribution in [1.29, 1.82) is 0 Å². The Morgan fingerprint density at radius 3 is 2.60 bits per heavy atom. The van der Waals surface area contributed by atoms with Crippen LogP contribution in [-0.4, -0.2) is 35.5 Å². The number of halogens is 1. The largest absolute Gasteiger partial charge is 0.481 e. The van der Waals surface area contributed by atoms with E-state index in [0.717, 1.165) is 11.1 Å². The van der Waals surface area contributed by atoms with Gasteiger partial charge in [0.2, 0.25) is 5.91 Å². The number of aryl methyl sites for hydroxylation is 2. The number of rotatable bonds is 6. The van der Waals surface area contributed by atoms with Gasteiger partial charge in [-0.2, -0.15) is 0 Å². The van der Waals surface area contributed by atoms with Gasteiger partial charge in [-0.3, -0.25) is 9.59 Å². The summed E-state index contributed by atoms with van der Waals surface area (Å²) in [6, 6.07) is 5.75. The second kappa shape index (κ2) is 7.29. The van der Waals surface area contributed by atoms with Gasteiger partial charge < -0.3 is 10.0 Å². The molecule has 0 fully saturated rings. The second-order valence-corrected chi connectivity index (χ2v) is 5.50. The molecule has 0 radical (unpaired) electrons. The van der Waals surface area contributed by atoms with Crippen LogP contribution < -0.4 is 0 Å². The fourth-order valence-electron chi connectivity index (χ4n) is 1.82. The van der Waals surface area contributed by atoms with E-state index in [0.29, 0.717) is 17.9 Å². The Hall–Kier alpha value is -1.55. The third kappa shape index (κ3) is 4.85. The molecular weight excluding hydrogens is 278 g/mol. The molecule has 1 aromatic carbocycles. The van der Waals surface area contributed by atoms with Gasteiger partial charge >= 0.3 is 5.97 Å². The first-order chi connectivity index (χ1) is 9.31. The molecule has 0 aliphatic heterocycles. The van der Waals surface area contributed by atoms with Crippen LogP contribution in [0.15, 0.2) is 18.2 Å². The zero-order chi connectivity index (χ0) is 15.3. The molecule has 0 aliphatic rings. The van der Waals surface area contributed by atoms with Crippen molar-refractivity contribution in [2.75, 3.05) is 13.6 Å². The summed E-state index contributed by atoms with van der Waals surface area (Å²) in [5, 5.41) is 9.52. The van der Waals surface area contributed by atoms with Crippen molar-refractivity contribution in [3.8, 4) is 0 Å². The van der Waals surface area contributed by atoms with Crippen LogP contribution in [0.25, 0.3) is 0 Å². The lowest BCUT2D eigenvalue weighted by Gasteiger charge is -2.19. The normalized spacial score (nSPS) is 12.0. The molecule has 1 N–H and O–H groups in total. The Kier molecular flexibility index (Phi) is 6.02. The first-order valence-electron chi connectivity index (χ1n) is 6.53. The predicted molar refractivity (Wildman–Crippen MR) is 78.9 cm³/mol. The number of hydrogen-bond donors (Lipinski definition) is 1. The maximum Gasteiger partial charge on any atom is 0.308 e. The van der Waals surface area contributed by atoms with E-state index in [1.807, 2.05) is 25.1 Å². The highest BCUT2D eigenvalue weighted by Crippen LogP contribution is 2.17. The fourth-order valence-corrected chi connectivity index (χ4v) is 2.03. The van der Waals surface area contributed by atoms with Crippen molar-refractivity contribution >= 4 is 23.5 Å². The first kappa shape index (κ1) is 16.5. The lowest BCUT2D eigenvalue weighted by Crippen LogP contribution is -2.33. The summed E-state index contributed by atoms with van der Waals surface area (Å²) in [5.41, 5.74) is 2.02. The first-order valence-corrected chi connectivity index (χ1v) is 6.91. The van der Waals surface area contributed by atoms with E-state index >= 15 is 0 Å². The van der Waals surface area contributed by atoms with Gasteiger partial charge in [0, 0.05) is 25.0 Å². The molecule has 1 amide bonds. The SMILES string of the molecule is Cc1ccc(CCC(=O)N(C)CC(C)C(=O)O)cc1Cl. The number of carboxylic acids is 1. The quantitative estimate of drug-likeness (QED) is 0.878. The van der Waals surface area contributed by atoms with E-state index in [2.05, 4.69) is 0 Å². The van der Waals surface area contributed by atoms with Gasteiger partial charge in [0.15, 0.2) is 0 Å². The Morgan fingerprint density at radius 2 is 2.05 bits per heavy atom. The van der Waals surface area contributed by atoms with Crippen LogP contribution >= 0.6 is 11.6 Å². The standard InChI is InChI=1S/C15H20ClNO3/c1-10-4-5-12(8-13(10)16)6-7-14(18)17(3)9-11(2)15(19)20/h4-5,8,11H,6-7,9H2,1-3H3,(H,19,20). The maximum absolute atomic E-state index is 11.9. The molecular formula is C15H20ClNO3. The summed E-state index contributed by atoms with van der Waals surface area (Å²) >= 11 is 6.03. The Morgan fingerprint density at radius 1 is 1.40 bits per heavy atom. The second-order valence-electron chi connectivity index (χ2n) is 5.10. The van der Waals surface area contributed by atoms with E-state index < -0.39 is 11.9 Å². The third-order valence-electron chi connectivity index (χ3n) is 3.26. The van der Waals surface area contributed by atoms with Gasteiger partial charge in [-0.05, 0) is 30.5 Å². The minimum absolute atomic E-state index is 0.0604. The van der Waals surface area contributed by atoms with Crippen LogP contribution in [0.2, 0.25) is 5.02 Å². The molecule has 0 heterocycles. The molecule has 1 atom stereocenters. The number of carbonyl (C=O) groups excluding carboxylic acids is 1. The summed E-state index contributed by atoms with van der Waals surface area (Å²) in [7, 11) is 1.63. The van der Waals surface area contributed by atoms with Gasteiger partial charge in [0.25, 0.3) is 0 Å². The summed E-state index contributed by atoms with van der Waals surface area (Å²) < 4.78 is 0. The van der Waals surface area contributed by atoms with Crippen LogP contribution in [0.5, 0.6) is 0 Å². The van der Waals surface area contributed by atoms with E-state index in [4.69, 9.17) is 16.7 Å². The molecule has 1 rings (SSSR count). The summed E-state index contributed by atoms with van der Waals surface area (Å²) in [5.74, 6) is -1.51. The van der Waals surface area contributed by atoms with Gasteiger partial charge in [0.05, 0.1) is 5.92 Å². The molecule has 0 saturated carbocycles. The highest BCUT2D eigenvalue weighted by atomic mass is 35.5. The Bertz CT molecular complexity index is 502. The predicted octanol–water partition coefficient (Wildman–Crippen LogP) is 2.76. The number of aliphatic carboxylic acids is 1. The fraction of sp³-hybridized carbons (Fsp3) is 0.467. The average molecular weight is 298 g/mol. The Labute approximate surface area is 124 Å². The summed E-state index contributed by atoms with van der Waals surface area (Å²) in [6.07, 6.45) is 0.951. The lowest BCUT2D eigenvalue weighted by molar-refractivity contribution is -0.142. The van der Waals surface area contributed by atoms with E-state index in [9.17, 15) is 9.59 Å². The lowest BCUT2D eigenvalue weighted by atomic mass is 10.1. The Balaban J connectivity index is 2.50. The highest BCUT2D eigenvalue weighted by molar-refractivity contribution is 6.31. The van der Waals surface area contributed by atoms with Crippen LogP contribution in [-0.2, 0) is 16.0 Å². The van der Waals surface area contributed by atoms with Crippen molar-refractivity contribution < 1.29 is 14.7 Å². The smallest absolute Gasteiger partial charge is 0.308 e. The zero-order valence-corrected chi connectivity index (χ0v) is 12.8. The van der Waals surface area contributed by atoms with Crippen molar-refractivity contribution in [2.45, 2.75) is 26.7 Å². The molecule has 0 saturated heterocycles. The summed E-state index contributed by atoms with van der Waals surface area (Å²) in [4.78, 5) is 24.1. The number of carboxylic acid groups (broad SMARTS) is 1. The van der Waals surface area contributed by atoms with Crippen LogP contribution in [0.1, 0.15) is 24.5 Å². The maximum atomic E-state index is 11.9. The van der Waals surface area contributed by atoms with E-state index in [1.165, 1.54) is 4.90 Å². The van der Waals surface area contributed by atoms with Crippen molar-refractivity contribution in [1.82, 2.24) is 4.90 Å². The minimum Gasteiger partial charge on any atom is -0.481 e. The molecule has 0 bridgehead atoms. The number of benzene rings is 1. The van der Waals surface area contributed by atoms with Crippen LogP contribution in [0, 0.1) is 12.8 Å². The topological polar surface area (TPSA) is 57.6 Å². The van der Waals surface area contributed by atoms with Crippen LogP contribution in [0.3, 0.4) is 0 Å². The van der Waals surface area contributed by atoms with Crippen molar-refractivity contribution in [2.24, 2.45) is 5.92 Å². The molecule has 5 heteroatoms. The molecule has 20 heavy (non-hydrogen) atoms. The van der Waals surface area contributed by atoms with E-state index in [-0.39, 0.29) is 12.5 Å². The monoisotopic (exact) mass is 297 g/mol.